The average molecular weight is 289 g/mol. The van der Waals surface area contributed by atoms with E-state index in [1.165, 1.54) is 42.4 Å². The van der Waals surface area contributed by atoms with E-state index in [0.29, 0.717) is 18.6 Å². The van der Waals surface area contributed by atoms with Crippen molar-refractivity contribution in [3.05, 3.63) is 28.8 Å². The maximum atomic E-state index is 9.98. The molecule has 1 aromatic carbocycles. The maximum Gasteiger partial charge on any atom is 0.125 e. The summed E-state index contributed by atoms with van der Waals surface area (Å²) < 4.78 is 6.19. The quantitative estimate of drug-likeness (QED) is 0.811. The number of hydrogen-bond donors (Lipinski definition) is 2. The Labute approximate surface area is 127 Å². The third kappa shape index (κ3) is 3.24. The molecule has 0 heterocycles. The Balaban J connectivity index is 1.74. The second-order valence-corrected chi connectivity index (χ2v) is 7.02. The molecule has 3 heteroatoms. The van der Waals surface area contributed by atoms with Crippen LogP contribution in [0.2, 0.25) is 0 Å². The number of aliphatic hydroxyl groups excluding tert-OH is 1. The van der Waals surface area contributed by atoms with Crippen LogP contribution in [0.1, 0.15) is 42.4 Å². The molecule has 1 atom stereocenters. The Kier molecular flexibility index (Phi) is 3.98. The van der Waals surface area contributed by atoms with Crippen LogP contribution in [-0.2, 0) is 0 Å². The fraction of sp³-hybridized carbons (Fsp3) is 0.667. The highest BCUT2D eigenvalue weighted by Gasteiger charge is 2.48. The molecule has 2 N–H and O–H groups in total. The second kappa shape index (κ2) is 5.62. The topological polar surface area (TPSA) is 41.5 Å². The first-order valence-corrected chi connectivity index (χ1v) is 8.13. The maximum absolute atomic E-state index is 9.98. The summed E-state index contributed by atoms with van der Waals surface area (Å²) in [7, 11) is 0. The van der Waals surface area contributed by atoms with Crippen LogP contribution in [-0.4, -0.2) is 29.9 Å². The van der Waals surface area contributed by atoms with E-state index in [4.69, 9.17) is 4.74 Å². The molecule has 2 aliphatic rings. The van der Waals surface area contributed by atoms with Gasteiger partial charge in [-0.05, 0) is 63.5 Å². The summed E-state index contributed by atoms with van der Waals surface area (Å²) in [5.41, 5.74) is 3.39. The van der Waals surface area contributed by atoms with E-state index in [2.05, 4.69) is 38.2 Å². The molecule has 0 aliphatic heterocycles. The van der Waals surface area contributed by atoms with Crippen LogP contribution in [0.15, 0.2) is 12.1 Å². The minimum atomic E-state index is -0.245. The SMILES string of the molecule is Cc1cc(C)c(OCC(CO)(NC2CC2)C2CC2)c(C)c1. The van der Waals surface area contributed by atoms with Crippen LogP contribution in [0, 0.1) is 26.7 Å². The molecule has 1 aromatic rings. The summed E-state index contributed by atoms with van der Waals surface area (Å²) in [5, 5.41) is 13.6. The largest absolute Gasteiger partial charge is 0.491 e. The van der Waals surface area contributed by atoms with Crippen LogP contribution in [0.5, 0.6) is 5.75 Å². The van der Waals surface area contributed by atoms with Crippen molar-refractivity contribution in [1.82, 2.24) is 5.32 Å². The molecule has 116 valence electrons. The fourth-order valence-electron chi connectivity index (χ4n) is 3.36. The van der Waals surface area contributed by atoms with Gasteiger partial charge in [0.2, 0.25) is 0 Å². The van der Waals surface area contributed by atoms with Gasteiger partial charge in [0, 0.05) is 6.04 Å². The molecule has 2 fully saturated rings. The number of aliphatic hydroxyl groups is 1. The van der Waals surface area contributed by atoms with Crippen molar-refractivity contribution in [2.75, 3.05) is 13.2 Å². The van der Waals surface area contributed by atoms with Crippen molar-refractivity contribution in [1.29, 1.82) is 0 Å². The van der Waals surface area contributed by atoms with Gasteiger partial charge in [-0.3, -0.25) is 0 Å². The molecule has 0 bridgehead atoms. The third-order valence-electron chi connectivity index (χ3n) is 4.79. The van der Waals surface area contributed by atoms with Crippen molar-refractivity contribution >= 4 is 0 Å². The highest BCUT2D eigenvalue weighted by Crippen LogP contribution is 2.42. The van der Waals surface area contributed by atoms with Gasteiger partial charge in [0.25, 0.3) is 0 Å². The lowest BCUT2D eigenvalue weighted by molar-refractivity contribution is 0.0825. The van der Waals surface area contributed by atoms with Gasteiger partial charge in [-0.1, -0.05) is 17.7 Å². The van der Waals surface area contributed by atoms with Crippen molar-refractivity contribution in [2.24, 2.45) is 5.92 Å². The van der Waals surface area contributed by atoms with Crippen LogP contribution < -0.4 is 10.1 Å². The Morgan fingerprint density at radius 2 is 1.76 bits per heavy atom. The third-order valence-corrected chi connectivity index (χ3v) is 4.79. The highest BCUT2D eigenvalue weighted by atomic mass is 16.5. The lowest BCUT2D eigenvalue weighted by Crippen LogP contribution is -2.56. The average Bonchev–Trinajstić information content (AvgIpc) is 3.28. The first kappa shape index (κ1) is 14.9. The van der Waals surface area contributed by atoms with Crippen molar-refractivity contribution in [3.8, 4) is 5.75 Å². The molecule has 1 unspecified atom stereocenters. The predicted molar refractivity (Wildman–Crippen MR) is 84.8 cm³/mol. The van der Waals surface area contributed by atoms with Gasteiger partial charge in [-0.15, -0.1) is 0 Å². The number of hydrogen-bond acceptors (Lipinski definition) is 3. The monoisotopic (exact) mass is 289 g/mol. The van der Waals surface area contributed by atoms with Crippen LogP contribution in [0.3, 0.4) is 0 Å². The molecular formula is C18H27NO2. The molecular weight excluding hydrogens is 262 g/mol. The summed E-state index contributed by atoms with van der Waals surface area (Å²) in [6, 6.07) is 4.91. The number of aryl methyl sites for hydroxylation is 3. The van der Waals surface area contributed by atoms with Crippen molar-refractivity contribution in [3.63, 3.8) is 0 Å². The molecule has 0 spiro atoms. The standard InChI is InChI=1S/C18H27NO2/c1-12-8-13(2)17(14(3)9-12)21-11-18(10-20,15-4-5-15)19-16-6-7-16/h8-9,15-16,19-20H,4-7,10-11H2,1-3H3. The summed E-state index contributed by atoms with van der Waals surface area (Å²) in [4.78, 5) is 0. The predicted octanol–water partition coefficient (Wildman–Crippen LogP) is 2.88. The van der Waals surface area contributed by atoms with Crippen molar-refractivity contribution < 1.29 is 9.84 Å². The molecule has 3 rings (SSSR count). The number of rotatable bonds is 7. The smallest absolute Gasteiger partial charge is 0.125 e. The van der Waals surface area contributed by atoms with E-state index in [0.717, 1.165) is 5.75 Å². The Morgan fingerprint density at radius 3 is 2.24 bits per heavy atom. The molecule has 0 radical (unpaired) electrons. The lowest BCUT2D eigenvalue weighted by Gasteiger charge is -2.34. The lowest BCUT2D eigenvalue weighted by atomic mass is 9.94. The zero-order valence-electron chi connectivity index (χ0n) is 13.4. The van der Waals surface area contributed by atoms with E-state index in [1.807, 2.05) is 0 Å². The summed E-state index contributed by atoms with van der Waals surface area (Å²) in [5.74, 6) is 1.55. The summed E-state index contributed by atoms with van der Waals surface area (Å²) in [6.07, 6.45) is 4.87. The highest BCUT2D eigenvalue weighted by molar-refractivity contribution is 5.43. The van der Waals surface area contributed by atoms with E-state index in [1.54, 1.807) is 0 Å². The van der Waals surface area contributed by atoms with Gasteiger partial charge in [0.05, 0.1) is 12.1 Å². The Morgan fingerprint density at radius 1 is 1.14 bits per heavy atom. The molecule has 21 heavy (non-hydrogen) atoms. The van der Waals surface area contributed by atoms with Gasteiger partial charge in [-0.25, -0.2) is 0 Å². The van der Waals surface area contributed by atoms with Gasteiger partial charge >= 0.3 is 0 Å². The number of nitrogens with one attached hydrogen (secondary N) is 1. The molecule has 3 nitrogen and oxygen atoms in total. The Hall–Kier alpha value is -1.06. The van der Waals surface area contributed by atoms with E-state index < -0.39 is 0 Å². The first-order valence-electron chi connectivity index (χ1n) is 8.13. The van der Waals surface area contributed by atoms with Gasteiger partial charge < -0.3 is 15.2 Å². The normalized spacial score (nSPS) is 21.1. The van der Waals surface area contributed by atoms with Crippen LogP contribution >= 0.6 is 0 Å². The van der Waals surface area contributed by atoms with E-state index >= 15 is 0 Å². The zero-order chi connectivity index (χ0) is 15.0. The molecule has 2 saturated carbocycles. The molecule has 0 saturated heterocycles. The minimum Gasteiger partial charge on any atom is -0.491 e. The minimum absolute atomic E-state index is 0.165. The van der Waals surface area contributed by atoms with Crippen molar-refractivity contribution in [2.45, 2.75) is 58.0 Å². The first-order chi connectivity index (χ1) is 10.0. The summed E-state index contributed by atoms with van der Waals surface area (Å²) in [6.45, 7) is 7.04. The van der Waals surface area contributed by atoms with Crippen LogP contribution in [0.4, 0.5) is 0 Å². The van der Waals surface area contributed by atoms with Crippen LogP contribution in [0.25, 0.3) is 0 Å². The fourth-order valence-corrected chi connectivity index (χ4v) is 3.36. The van der Waals surface area contributed by atoms with Gasteiger partial charge in [0.1, 0.15) is 12.4 Å². The second-order valence-electron chi connectivity index (χ2n) is 7.02. The van der Waals surface area contributed by atoms with E-state index in [-0.39, 0.29) is 12.1 Å². The summed E-state index contributed by atoms with van der Waals surface area (Å²) >= 11 is 0. The number of ether oxygens (including phenoxy) is 1. The van der Waals surface area contributed by atoms with Gasteiger partial charge in [0.15, 0.2) is 0 Å². The zero-order valence-corrected chi connectivity index (χ0v) is 13.4. The number of benzene rings is 1. The van der Waals surface area contributed by atoms with E-state index in [9.17, 15) is 5.11 Å². The molecule has 2 aliphatic carbocycles. The van der Waals surface area contributed by atoms with Gasteiger partial charge in [-0.2, -0.15) is 0 Å². The molecule has 0 aromatic heterocycles. The Bertz CT molecular complexity index is 497. The molecule has 0 amide bonds.